The highest BCUT2D eigenvalue weighted by Crippen LogP contribution is 2.15. The third-order valence-electron chi connectivity index (χ3n) is 1.80. The minimum absolute atomic E-state index is 0.110. The van der Waals surface area contributed by atoms with Gasteiger partial charge in [0.2, 0.25) is 11.9 Å². The summed E-state index contributed by atoms with van der Waals surface area (Å²) in [6.45, 7) is 1.93. The van der Waals surface area contributed by atoms with Crippen molar-refractivity contribution in [3.8, 4) is 11.4 Å². The van der Waals surface area contributed by atoms with Crippen LogP contribution in [0.5, 0.6) is 0 Å². The van der Waals surface area contributed by atoms with Crippen molar-refractivity contribution in [3.05, 3.63) is 24.0 Å². The predicted octanol–water partition coefficient (Wildman–Crippen LogP) is 0.406. The van der Waals surface area contributed by atoms with Crippen LogP contribution in [0.2, 0.25) is 0 Å². The van der Waals surface area contributed by atoms with Crippen LogP contribution in [0, 0.1) is 6.92 Å². The molecular weight excluding hydrogens is 192 g/mol. The third kappa shape index (κ3) is 1.98. The summed E-state index contributed by atoms with van der Waals surface area (Å²) < 4.78 is 0. The van der Waals surface area contributed by atoms with E-state index in [1.54, 1.807) is 12.4 Å². The van der Waals surface area contributed by atoms with Gasteiger partial charge in [-0.25, -0.2) is 0 Å². The second-order valence-corrected chi connectivity index (χ2v) is 3.13. The van der Waals surface area contributed by atoms with Gasteiger partial charge in [0.15, 0.2) is 5.82 Å². The number of nitrogens with zero attached hydrogens (tertiary/aromatic N) is 4. The number of pyridine rings is 1. The maximum absolute atomic E-state index is 5.47. The molecule has 0 saturated carbocycles. The summed E-state index contributed by atoms with van der Waals surface area (Å²) in [6.07, 6.45) is 3.40. The first kappa shape index (κ1) is 9.32. The first-order valence-electron chi connectivity index (χ1n) is 4.34. The van der Waals surface area contributed by atoms with E-state index in [-0.39, 0.29) is 11.9 Å². The summed E-state index contributed by atoms with van der Waals surface area (Å²) in [5.41, 5.74) is 12.7. The average Bonchev–Trinajstić information content (AvgIpc) is 2.16. The van der Waals surface area contributed by atoms with Crippen molar-refractivity contribution in [1.82, 2.24) is 19.9 Å². The molecule has 0 unspecified atom stereocenters. The molecule has 0 aliphatic carbocycles. The van der Waals surface area contributed by atoms with Crippen molar-refractivity contribution in [2.75, 3.05) is 11.5 Å². The van der Waals surface area contributed by atoms with Crippen LogP contribution in [-0.2, 0) is 0 Å². The fourth-order valence-electron chi connectivity index (χ4n) is 1.22. The topological polar surface area (TPSA) is 104 Å². The molecule has 6 heteroatoms. The molecule has 0 fully saturated rings. The van der Waals surface area contributed by atoms with Crippen molar-refractivity contribution in [3.63, 3.8) is 0 Å². The summed E-state index contributed by atoms with van der Waals surface area (Å²) in [6, 6.07) is 1.90. The highest BCUT2D eigenvalue weighted by Gasteiger charge is 2.05. The molecule has 4 N–H and O–H groups in total. The maximum Gasteiger partial charge on any atom is 0.225 e. The van der Waals surface area contributed by atoms with Crippen LogP contribution in [0.1, 0.15) is 5.56 Å². The second-order valence-electron chi connectivity index (χ2n) is 3.13. The number of nitrogens with two attached hydrogens (primary N) is 2. The number of nitrogen functional groups attached to an aromatic ring is 2. The van der Waals surface area contributed by atoms with Crippen molar-refractivity contribution >= 4 is 11.9 Å². The van der Waals surface area contributed by atoms with Crippen molar-refractivity contribution < 1.29 is 0 Å². The SMILES string of the molecule is Cc1cncc(-c2nc(N)nc(N)n2)c1. The highest BCUT2D eigenvalue weighted by atomic mass is 15.1. The lowest BCUT2D eigenvalue weighted by Crippen LogP contribution is -2.04. The predicted molar refractivity (Wildman–Crippen MR) is 56.6 cm³/mol. The standard InChI is InChI=1S/C9H10N6/c1-5-2-6(4-12-3-5)7-13-8(10)15-9(11)14-7/h2-4H,1H3,(H4,10,11,13,14,15). The van der Waals surface area contributed by atoms with Gasteiger partial charge in [0.1, 0.15) is 0 Å². The van der Waals surface area contributed by atoms with Gasteiger partial charge in [-0.3, -0.25) is 4.98 Å². The number of anilines is 2. The number of hydrogen-bond acceptors (Lipinski definition) is 6. The Morgan fingerprint density at radius 2 is 1.67 bits per heavy atom. The van der Waals surface area contributed by atoms with Gasteiger partial charge < -0.3 is 11.5 Å². The minimum Gasteiger partial charge on any atom is -0.368 e. The lowest BCUT2D eigenvalue weighted by atomic mass is 10.2. The summed E-state index contributed by atoms with van der Waals surface area (Å²) in [4.78, 5) is 15.7. The Kier molecular flexibility index (Phi) is 2.17. The van der Waals surface area contributed by atoms with E-state index in [4.69, 9.17) is 11.5 Å². The van der Waals surface area contributed by atoms with E-state index in [0.717, 1.165) is 11.1 Å². The Bertz CT molecular complexity index is 475. The van der Waals surface area contributed by atoms with E-state index in [1.807, 2.05) is 13.0 Å². The van der Waals surface area contributed by atoms with E-state index in [9.17, 15) is 0 Å². The molecule has 15 heavy (non-hydrogen) atoms. The number of aromatic nitrogens is 4. The lowest BCUT2D eigenvalue weighted by Gasteiger charge is -2.02. The Morgan fingerprint density at radius 3 is 2.27 bits per heavy atom. The molecule has 0 spiro atoms. The zero-order valence-electron chi connectivity index (χ0n) is 8.18. The van der Waals surface area contributed by atoms with Gasteiger partial charge in [-0.2, -0.15) is 15.0 Å². The summed E-state index contributed by atoms with van der Waals surface area (Å²) in [5, 5.41) is 0. The smallest absolute Gasteiger partial charge is 0.225 e. The molecule has 6 nitrogen and oxygen atoms in total. The van der Waals surface area contributed by atoms with Crippen LogP contribution in [0.3, 0.4) is 0 Å². The largest absolute Gasteiger partial charge is 0.368 e. The Hall–Kier alpha value is -2.24. The summed E-state index contributed by atoms with van der Waals surface area (Å²) in [5.74, 6) is 0.661. The monoisotopic (exact) mass is 202 g/mol. The number of aryl methyl sites for hydroxylation is 1. The fourth-order valence-corrected chi connectivity index (χ4v) is 1.22. The zero-order valence-corrected chi connectivity index (χ0v) is 8.18. The molecule has 0 atom stereocenters. The van der Waals surface area contributed by atoms with E-state index in [2.05, 4.69) is 19.9 Å². The Balaban J connectivity index is 2.54. The van der Waals surface area contributed by atoms with Crippen LogP contribution in [-0.4, -0.2) is 19.9 Å². The van der Waals surface area contributed by atoms with Gasteiger partial charge >= 0.3 is 0 Å². The maximum atomic E-state index is 5.47. The highest BCUT2D eigenvalue weighted by molar-refractivity contribution is 5.56. The minimum atomic E-state index is 0.110. The van der Waals surface area contributed by atoms with Crippen LogP contribution in [0.15, 0.2) is 18.5 Å². The molecule has 0 saturated heterocycles. The van der Waals surface area contributed by atoms with Gasteiger partial charge in [0.25, 0.3) is 0 Å². The number of hydrogen-bond donors (Lipinski definition) is 2. The van der Waals surface area contributed by atoms with Crippen LogP contribution < -0.4 is 11.5 Å². The molecule has 0 aromatic carbocycles. The molecule has 0 amide bonds. The molecule has 2 aromatic rings. The Labute approximate surface area is 86.4 Å². The van der Waals surface area contributed by atoms with E-state index < -0.39 is 0 Å². The lowest BCUT2D eigenvalue weighted by molar-refractivity contribution is 1.08. The van der Waals surface area contributed by atoms with Gasteiger partial charge in [0, 0.05) is 18.0 Å². The fraction of sp³-hybridized carbons (Fsp3) is 0.111. The van der Waals surface area contributed by atoms with E-state index in [1.165, 1.54) is 0 Å². The second kappa shape index (κ2) is 3.49. The van der Waals surface area contributed by atoms with Crippen molar-refractivity contribution in [1.29, 1.82) is 0 Å². The van der Waals surface area contributed by atoms with Crippen molar-refractivity contribution in [2.45, 2.75) is 6.92 Å². The molecule has 2 rings (SSSR count). The molecule has 0 radical (unpaired) electrons. The molecule has 0 aliphatic rings. The van der Waals surface area contributed by atoms with Gasteiger partial charge in [-0.1, -0.05) is 0 Å². The average molecular weight is 202 g/mol. The summed E-state index contributed by atoms with van der Waals surface area (Å²) >= 11 is 0. The van der Waals surface area contributed by atoms with Gasteiger partial charge in [-0.05, 0) is 18.6 Å². The van der Waals surface area contributed by atoms with Crippen LogP contribution in [0.4, 0.5) is 11.9 Å². The zero-order chi connectivity index (χ0) is 10.8. The summed E-state index contributed by atoms with van der Waals surface area (Å²) in [7, 11) is 0. The van der Waals surface area contributed by atoms with Crippen molar-refractivity contribution in [2.24, 2.45) is 0 Å². The number of rotatable bonds is 1. The Morgan fingerprint density at radius 1 is 1.00 bits per heavy atom. The van der Waals surface area contributed by atoms with Gasteiger partial charge in [0.05, 0.1) is 0 Å². The normalized spacial score (nSPS) is 10.2. The first-order valence-corrected chi connectivity index (χ1v) is 4.34. The molecule has 2 aromatic heterocycles. The molecule has 76 valence electrons. The van der Waals surface area contributed by atoms with E-state index >= 15 is 0 Å². The van der Waals surface area contributed by atoms with Crippen LogP contribution in [0.25, 0.3) is 11.4 Å². The molecular formula is C9H10N6. The quantitative estimate of drug-likeness (QED) is 0.694. The van der Waals surface area contributed by atoms with Crippen LogP contribution >= 0.6 is 0 Å². The van der Waals surface area contributed by atoms with Gasteiger partial charge in [-0.15, -0.1) is 0 Å². The van der Waals surface area contributed by atoms with E-state index in [0.29, 0.717) is 5.82 Å². The first-order chi connectivity index (χ1) is 7.15. The molecule has 0 bridgehead atoms. The molecule has 0 aliphatic heterocycles. The third-order valence-corrected chi connectivity index (χ3v) is 1.80. The molecule has 2 heterocycles.